The predicted octanol–water partition coefficient (Wildman–Crippen LogP) is 11.5. The monoisotopic (exact) mass is 727 g/mol. The summed E-state index contributed by atoms with van der Waals surface area (Å²) in [7, 11) is 1.45. The summed E-state index contributed by atoms with van der Waals surface area (Å²) in [6, 6.07) is 6.54. The summed E-state index contributed by atoms with van der Waals surface area (Å²) < 4.78 is 37.0. The van der Waals surface area contributed by atoms with E-state index in [2.05, 4.69) is 64.9 Å². The molecule has 272 valence electrons. The Morgan fingerprint density at radius 1 is 1.14 bits per heavy atom. The third-order valence-corrected chi connectivity index (χ3v) is 10.3. The number of ether oxygens (including phenoxy) is 1. The van der Waals surface area contributed by atoms with Crippen molar-refractivity contribution < 1.29 is 18.3 Å². The van der Waals surface area contributed by atoms with Gasteiger partial charge in [0.05, 0.1) is 22.4 Å². The predicted molar refractivity (Wildman–Crippen MR) is 207 cm³/mol. The lowest BCUT2D eigenvalue weighted by Crippen LogP contribution is -2.41. The minimum atomic E-state index is -0.702. The summed E-state index contributed by atoms with van der Waals surface area (Å²) in [5, 5.41) is 10.7. The third-order valence-electron chi connectivity index (χ3n) is 8.98. The standard InChI is InChI=1S/C31H36ClF2N5OS.C4H6O.C4H10/c1-7-16(4)10-13-23(17(5)8-2)39(9-3)30-19-14-21(32)25(26(34)27(19)37-31(38-30)40-6)18-11-12-22(33)28-24(18)20(15-35)29(36)41-28;1-3-4(2)5;1-3-4-2/h11-12,14,16-17,23H,7-10,13,36H2,1-6H3;3H,1H2,2H3;3-4H2,1-2H3/t16?,17-,23-;;/m1../s1. The number of unbranched alkanes of at least 4 members (excludes halogenated alkanes) is 1. The van der Waals surface area contributed by atoms with Crippen molar-refractivity contribution in [3.63, 3.8) is 0 Å². The molecule has 2 aromatic carbocycles. The van der Waals surface area contributed by atoms with Crippen LogP contribution in [0.5, 0.6) is 6.01 Å². The van der Waals surface area contributed by atoms with Crippen LogP contribution in [0.2, 0.25) is 5.02 Å². The van der Waals surface area contributed by atoms with Crippen molar-refractivity contribution >= 4 is 60.5 Å². The van der Waals surface area contributed by atoms with Gasteiger partial charge in [-0.2, -0.15) is 15.2 Å². The molecule has 0 fully saturated rings. The van der Waals surface area contributed by atoms with Gasteiger partial charge in [-0.25, -0.2) is 8.78 Å². The number of fused-ring (bicyclic) bond motifs is 2. The molecule has 2 heterocycles. The van der Waals surface area contributed by atoms with Crippen LogP contribution in [0.1, 0.15) is 99.5 Å². The van der Waals surface area contributed by atoms with Crippen molar-refractivity contribution in [2.45, 2.75) is 100.0 Å². The van der Waals surface area contributed by atoms with Crippen molar-refractivity contribution in [1.29, 1.82) is 5.26 Å². The SMILES string of the molecule is C=CC(C)=O.CCC(C)CC[C@H]([C@H](C)CC)N(CC)c1nc(OC)nc2c(F)c(-c3ccc(F)c4sc(N)c(C#N)c34)c(Cl)cc12.CCCC. The topological polar surface area (TPSA) is 105 Å². The second-order valence-electron chi connectivity index (χ2n) is 12.4. The number of hydrogen-bond acceptors (Lipinski definition) is 8. The van der Waals surface area contributed by atoms with Crippen molar-refractivity contribution in [1.82, 2.24) is 9.97 Å². The van der Waals surface area contributed by atoms with E-state index in [9.17, 15) is 14.4 Å². The molecule has 2 N–H and O–H groups in total. The molecule has 3 atom stereocenters. The van der Waals surface area contributed by atoms with Gasteiger partial charge >= 0.3 is 6.01 Å². The lowest BCUT2D eigenvalue weighted by Gasteiger charge is -2.37. The molecule has 4 aromatic rings. The first kappa shape index (κ1) is 42.4. The van der Waals surface area contributed by atoms with Crippen molar-refractivity contribution in [2.75, 3.05) is 24.3 Å². The van der Waals surface area contributed by atoms with E-state index in [0.717, 1.165) is 37.0 Å². The normalized spacial score (nSPS) is 12.5. The number of carbonyl (C=O) groups excluding carboxylic acids is 1. The summed E-state index contributed by atoms with van der Waals surface area (Å²) in [4.78, 5) is 21.0. The Bertz CT molecular complexity index is 1800. The number of carbonyl (C=O) groups is 1. The summed E-state index contributed by atoms with van der Waals surface area (Å²) >= 11 is 7.77. The first-order chi connectivity index (χ1) is 23.8. The Balaban J connectivity index is 0.000000857. The maximum atomic E-state index is 16.6. The zero-order valence-electron chi connectivity index (χ0n) is 30.9. The molecule has 0 saturated heterocycles. The Morgan fingerprint density at radius 2 is 1.78 bits per heavy atom. The molecule has 11 heteroatoms. The minimum Gasteiger partial charge on any atom is -0.467 e. The average Bonchev–Trinajstić information content (AvgIpc) is 3.47. The molecule has 0 radical (unpaired) electrons. The lowest BCUT2D eigenvalue weighted by atomic mass is 9.89. The molecule has 0 saturated carbocycles. The van der Waals surface area contributed by atoms with Crippen LogP contribution in [0, 0.1) is 34.8 Å². The number of rotatable bonds is 13. The molecular weight excluding hydrogens is 676 g/mol. The van der Waals surface area contributed by atoms with E-state index < -0.39 is 11.6 Å². The number of hydrogen-bond donors (Lipinski definition) is 1. The smallest absolute Gasteiger partial charge is 0.318 e. The van der Waals surface area contributed by atoms with Gasteiger partial charge in [0, 0.05) is 28.9 Å². The fourth-order valence-electron chi connectivity index (χ4n) is 5.45. The largest absolute Gasteiger partial charge is 0.467 e. The maximum absolute atomic E-state index is 16.6. The molecule has 0 aliphatic carbocycles. The number of thiophene rings is 1. The average molecular weight is 728 g/mol. The second-order valence-corrected chi connectivity index (χ2v) is 13.8. The van der Waals surface area contributed by atoms with Gasteiger partial charge in [-0.15, -0.1) is 11.3 Å². The van der Waals surface area contributed by atoms with Gasteiger partial charge in [0.2, 0.25) is 0 Å². The number of benzene rings is 2. The highest BCUT2D eigenvalue weighted by Crippen LogP contribution is 2.46. The molecule has 2 aromatic heterocycles. The van der Waals surface area contributed by atoms with Gasteiger partial charge in [0.25, 0.3) is 0 Å². The van der Waals surface area contributed by atoms with Crippen LogP contribution in [0.4, 0.5) is 19.6 Å². The molecule has 50 heavy (non-hydrogen) atoms. The molecule has 7 nitrogen and oxygen atoms in total. The first-order valence-electron chi connectivity index (χ1n) is 17.3. The summed E-state index contributed by atoms with van der Waals surface area (Å²) in [6.45, 7) is 20.6. The second kappa shape index (κ2) is 20.1. The Kier molecular flexibility index (Phi) is 17.1. The molecule has 0 amide bonds. The molecule has 0 spiro atoms. The number of nitrogens with zero attached hydrogens (tertiary/aromatic N) is 4. The van der Waals surface area contributed by atoms with E-state index in [1.165, 1.54) is 45.1 Å². The van der Waals surface area contributed by atoms with E-state index in [0.29, 0.717) is 29.6 Å². The number of nitrogen functional groups attached to an aromatic ring is 1. The zero-order chi connectivity index (χ0) is 37.7. The summed E-state index contributed by atoms with van der Waals surface area (Å²) in [5.41, 5.74) is 6.44. The van der Waals surface area contributed by atoms with Gasteiger partial charge in [-0.1, -0.05) is 91.5 Å². The van der Waals surface area contributed by atoms with Crippen molar-refractivity contribution in [3.05, 3.63) is 53.1 Å². The third kappa shape index (κ3) is 9.91. The van der Waals surface area contributed by atoms with E-state index >= 15 is 4.39 Å². The number of nitriles is 1. The molecule has 0 bridgehead atoms. The van der Waals surface area contributed by atoms with Gasteiger partial charge < -0.3 is 15.4 Å². The van der Waals surface area contributed by atoms with E-state index in [1.54, 1.807) is 6.07 Å². The minimum absolute atomic E-state index is 0.0171. The van der Waals surface area contributed by atoms with Gasteiger partial charge in [0.15, 0.2) is 11.6 Å². The van der Waals surface area contributed by atoms with E-state index in [-0.39, 0.29) is 60.2 Å². The number of halogens is 3. The molecule has 0 aliphatic heterocycles. The Hall–Kier alpha value is -3.81. The van der Waals surface area contributed by atoms with Gasteiger partial charge in [-0.3, -0.25) is 4.79 Å². The van der Waals surface area contributed by atoms with Crippen molar-refractivity contribution in [3.8, 4) is 23.2 Å². The Morgan fingerprint density at radius 3 is 2.28 bits per heavy atom. The number of methoxy groups -OCH3 is 1. The first-order valence-corrected chi connectivity index (χ1v) is 18.5. The number of anilines is 2. The zero-order valence-corrected chi connectivity index (χ0v) is 32.5. The van der Waals surface area contributed by atoms with Gasteiger partial charge in [0.1, 0.15) is 28.2 Å². The number of nitrogens with two attached hydrogens (primary N) is 1. The maximum Gasteiger partial charge on any atom is 0.318 e. The van der Waals surface area contributed by atoms with Crippen LogP contribution >= 0.6 is 22.9 Å². The molecule has 0 aliphatic rings. The van der Waals surface area contributed by atoms with Crippen LogP contribution in [0.3, 0.4) is 0 Å². The molecular formula is C39H52ClF2N5O2S. The number of ketones is 1. The quantitative estimate of drug-likeness (QED) is 0.137. The van der Waals surface area contributed by atoms with Crippen molar-refractivity contribution in [2.24, 2.45) is 11.8 Å². The fourth-order valence-corrected chi connectivity index (χ4v) is 6.69. The van der Waals surface area contributed by atoms with Crippen LogP contribution in [0.15, 0.2) is 30.9 Å². The molecule has 1 unspecified atom stereocenters. The Labute approximate surface area is 305 Å². The number of aromatic nitrogens is 2. The lowest BCUT2D eigenvalue weighted by molar-refractivity contribution is -0.112. The molecule has 4 rings (SSSR count). The van der Waals surface area contributed by atoms with Crippen LogP contribution in [-0.2, 0) is 4.79 Å². The fraction of sp³-hybridized carbons (Fsp3) is 0.487. The van der Waals surface area contributed by atoms with E-state index in [4.69, 9.17) is 27.1 Å². The van der Waals surface area contributed by atoms with E-state index in [1.807, 2.05) is 6.07 Å². The summed E-state index contributed by atoms with van der Waals surface area (Å²) in [6.07, 6.45) is 8.02. The van der Waals surface area contributed by atoms with Crippen LogP contribution in [-0.4, -0.2) is 35.4 Å². The number of allylic oxidation sites excluding steroid dienone is 1. The van der Waals surface area contributed by atoms with Crippen LogP contribution < -0.4 is 15.4 Å². The van der Waals surface area contributed by atoms with Crippen LogP contribution in [0.25, 0.3) is 32.1 Å². The highest BCUT2D eigenvalue weighted by molar-refractivity contribution is 7.23. The van der Waals surface area contributed by atoms with Gasteiger partial charge in [-0.05, 0) is 62.3 Å². The summed E-state index contributed by atoms with van der Waals surface area (Å²) in [5.74, 6) is 0.270. The highest BCUT2D eigenvalue weighted by atomic mass is 35.5. The highest BCUT2D eigenvalue weighted by Gasteiger charge is 2.29.